The van der Waals surface area contributed by atoms with Gasteiger partial charge in [-0.25, -0.2) is 13.2 Å². The summed E-state index contributed by atoms with van der Waals surface area (Å²) in [4.78, 5) is 12.2. The van der Waals surface area contributed by atoms with Crippen LogP contribution in [0.2, 0.25) is 0 Å². The fraction of sp³-hybridized carbons (Fsp3) is 0.263. The van der Waals surface area contributed by atoms with E-state index in [1.54, 1.807) is 24.3 Å². The van der Waals surface area contributed by atoms with Crippen molar-refractivity contribution in [3.63, 3.8) is 0 Å². The summed E-state index contributed by atoms with van der Waals surface area (Å²) in [6.45, 7) is 1.29. The maximum Gasteiger partial charge on any atom is 0.416 e. The zero-order valence-electron chi connectivity index (χ0n) is 16.0. The van der Waals surface area contributed by atoms with Gasteiger partial charge in [-0.2, -0.15) is 23.0 Å². The van der Waals surface area contributed by atoms with Crippen molar-refractivity contribution >= 4 is 9.84 Å². The highest BCUT2D eigenvalue weighted by Gasteiger charge is 2.31. The molecule has 0 aliphatic heterocycles. The number of hydrogen-bond acceptors (Lipinski definition) is 5. The second-order valence-corrected chi connectivity index (χ2v) is 8.54. The van der Waals surface area contributed by atoms with Gasteiger partial charge in [-0.3, -0.25) is 4.57 Å². The summed E-state index contributed by atoms with van der Waals surface area (Å²) in [6.07, 6.45) is -4.65. The summed E-state index contributed by atoms with van der Waals surface area (Å²) in [6, 6.07) is 10.1. The number of nitrogens with zero attached hydrogens (tertiary/aromatic N) is 3. The number of hydrogen-bond donors (Lipinski definition) is 0. The monoisotopic (exact) mass is 441 g/mol. The van der Waals surface area contributed by atoms with Crippen LogP contribution in [0.25, 0.3) is 5.69 Å². The number of alkyl halides is 3. The normalized spacial score (nSPS) is 12.2. The average molecular weight is 441 g/mol. The first kappa shape index (κ1) is 21.6. The Hall–Kier alpha value is -3.08. The largest absolute Gasteiger partial charge is 0.497 e. The van der Waals surface area contributed by atoms with E-state index in [2.05, 4.69) is 5.10 Å². The fourth-order valence-corrected chi connectivity index (χ4v) is 4.09. The number of benzene rings is 2. The van der Waals surface area contributed by atoms with Gasteiger partial charge in [-0.15, -0.1) is 0 Å². The molecule has 0 radical (unpaired) electrons. The molecule has 1 heterocycles. The molecule has 2 aromatic carbocycles. The second-order valence-electron chi connectivity index (χ2n) is 6.44. The molecule has 0 saturated heterocycles. The standard InChI is InChI=1S/C19H18F3N3O4S/c1-13-23-25(15-6-8-16(29-2)9-7-15)18(26)24(13)10-11-30(27,28)17-5-3-4-14(12-17)19(20,21)22/h3-9,12H,10-11H2,1-2H3. The molecule has 3 aromatic rings. The van der Waals surface area contributed by atoms with Gasteiger partial charge < -0.3 is 4.74 Å². The number of rotatable bonds is 6. The molecule has 0 aliphatic carbocycles. The predicted octanol–water partition coefficient (Wildman–Crippen LogP) is 2.84. The van der Waals surface area contributed by atoms with E-state index in [0.717, 1.165) is 27.4 Å². The van der Waals surface area contributed by atoms with Crippen molar-refractivity contribution in [2.75, 3.05) is 12.9 Å². The van der Waals surface area contributed by atoms with Crippen LogP contribution in [-0.4, -0.2) is 35.6 Å². The maximum absolute atomic E-state index is 12.9. The molecule has 0 fully saturated rings. The third kappa shape index (κ3) is 4.40. The molecular weight excluding hydrogens is 423 g/mol. The van der Waals surface area contributed by atoms with Crippen LogP contribution in [0.15, 0.2) is 58.2 Å². The number of aryl methyl sites for hydroxylation is 1. The minimum absolute atomic E-state index is 0.251. The van der Waals surface area contributed by atoms with Gasteiger partial charge >= 0.3 is 11.9 Å². The molecule has 0 N–H and O–H groups in total. The van der Waals surface area contributed by atoms with Gasteiger partial charge in [0.15, 0.2) is 9.84 Å². The van der Waals surface area contributed by atoms with Crippen molar-refractivity contribution in [1.29, 1.82) is 0 Å². The molecule has 0 atom stereocenters. The lowest BCUT2D eigenvalue weighted by molar-refractivity contribution is -0.137. The minimum Gasteiger partial charge on any atom is -0.497 e. The van der Waals surface area contributed by atoms with Gasteiger partial charge in [-0.05, 0) is 49.4 Å². The number of ether oxygens (including phenoxy) is 1. The Morgan fingerprint density at radius 1 is 1.10 bits per heavy atom. The Labute approximate surface area is 170 Å². The summed E-state index contributed by atoms with van der Waals surface area (Å²) < 4.78 is 71.0. The second kappa shape index (κ2) is 7.98. The Bertz CT molecular complexity index is 1210. The summed E-state index contributed by atoms with van der Waals surface area (Å²) in [7, 11) is -2.55. The summed E-state index contributed by atoms with van der Waals surface area (Å²) >= 11 is 0. The predicted molar refractivity (Wildman–Crippen MR) is 103 cm³/mol. The zero-order chi connectivity index (χ0) is 22.1. The third-order valence-electron chi connectivity index (χ3n) is 4.47. The van der Waals surface area contributed by atoms with Gasteiger partial charge in [-0.1, -0.05) is 6.07 Å². The lowest BCUT2D eigenvalue weighted by Gasteiger charge is -2.10. The first-order valence-corrected chi connectivity index (χ1v) is 10.4. The molecule has 0 bridgehead atoms. The summed E-state index contributed by atoms with van der Waals surface area (Å²) in [5, 5.41) is 4.14. The van der Waals surface area contributed by atoms with Gasteiger partial charge in [0, 0.05) is 6.54 Å². The molecular formula is C19H18F3N3O4S. The highest BCUT2D eigenvalue weighted by atomic mass is 32.2. The molecule has 7 nitrogen and oxygen atoms in total. The molecule has 0 unspecified atom stereocenters. The van der Waals surface area contributed by atoms with Crippen molar-refractivity contribution in [2.24, 2.45) is 0 Å². The molecule has 0 amide bonds. The molecule has 3 rings (SSSR count). The lowest BCUT2D eigenvalue weighted by Crippen LogP contribution is -2.27. The van der Waals surface area contributed by atoms with E-state index in [4.69, 9.17) is 4.74 Å². The third-order valence-corrected chi connectivity index (χ3v) is 6.16. The van der Waals surface area contributed by atoms with E-state index in [-0.39, 0.29) is 12.4 Å². The minimum atomic E-state index is -4.65. The van der Waals surface area contributed by atoms with Gasteiger partial charge in [0.2, 0.25) is 0 Å². The van der Waals surface area contributed by atoms with E-state index >= 15 is 0 Å². The highest BCUT2D eigenvalue weighted by molar-refractivity contribution is 7.91. The number of halogens is 3. The van der Waals surface area contributed by atoms with Gasteiger partial charge in [0.1, 0.15) is 11.6 Å². The van der Waals surface area contributed by atoms with Crippen LogP contribution in [0, 0.1) is 6.92 Å². The van der Waals surface area contributed by atoms with Crippen molar-refractivity contribution in [3.05, 3.63) is 70.4 Å². The van der Waals surface area contributed by atoms with Crippen LogP contribution >= 0.6 is 0 Å². The van der Waals surface area contributed by atoms with Crippen LogP contribution in [0.4, 0.5) is 13.2 Å². The number of methoxy groups -OCH3 is 1. The topological polar surface area (TPSA) is 83.2 Å². The lowest BCUT2D eigenvalue weighted by atomic mass is 10.2. The Kier molecular flexibility index (Phi) is 5.75. The summed E-state index contributed by atoms with van der Waals surface area (Å²) in [5.74, 6) is 0.314. The molecule has 0 spiro atoms. The molecule has 160 valence electrons. The number of sulfone groups is 1. The van der Waals surface area contributed by atoms with Crippen LogP contribution in [0.1, 0.15) is 11.4 Å². The van der Waals surface area contributed by atoms with Crippen LogP contribution in [0.5, 0.6) is 5.75 Å². The van der Waals surface area contributed by atoms with Crippen LogP contribution in [-0.2, 0) is 22.6 Å². The fourth-order valence-electron chi connectivity index (χ4n) is 2.84. The van der Waals surface area contributed by atoms with Gasteiger partial charge in [0.25, 0.3) is 0 Å². The number of aromatic nitrogens is 3. The molecule has 1 aromatic heterocycles. The van der Waals surface area contributed by atoms with E-state index in [0.29, 0.717) is 17.5 Å². The Morgan fingerprint density at radius 2 is 1.77 bits per heavy atom. The molecule has 0 saturated carbocycles. The van der Waals surface area contributed by atoms with Crippen molar-refractivity contribution in [2.45, 2.75) is 24.5 Å². The Balaban J connectivity index is 1.85. The first-order chi connectivity index (χ1) is 14.0. The van der Waals surface area contributed by atoms with Crippen molar-refractivity contribution in [3.8, 4) is 11.4 Å². The van der Waals surface area contributed by atoms with Crippen molar-refractivity contribution < 1.29 is 26.3 Å². The molecule has 30 heavy (non-hydrogen) atoms. The van der Waals surface area contributed by atoms with E-state index < -0.39 is 37.9 Å². The molecule has 0 aliphatic rings. The first-order valence-electron chi connectivity index (χ1n) is 8.74. The quantitative estimate of drug-likeness (QED) is 0.588. The zero-order valence-corrected chi connectivity index (χ0v) is 16.9. The van der Waals surface area contributed by atoms with Crippen LogP contribution < -0.4 is 10.4 Å². The average Bonchev–Trinajstić information content (AvgIpc) is 2.99. The van der Waals surface area contributed by atoms with Crippen LogP contribution in [0.3, 0.4) is 0 Å². The molecule has 11 heteroatoms. The smallest absolute Gasteiger partial charge is 0.416 e. The summed E-state index contributed by atoms with van der Waals surface area (Å²) in [5.41, 5.74) is -1.15. The van der Waals surface area contributed by atoms with Crippen molar-refractivity contribution in [1.82, 2.24) is 14.3 Å². The van der Waals surface area contributed by atoms with E-state index in [9.17, 15) is 26.4 Å². The van der Waals surface area contributed by atoms with Gasteiger partial charge in [0.05, 0.1) is 29.0 Å². The SMILES string of the molecule is COc1ccc(-n2nc(C)n(CCS(=O)(=O)c3cccc(C(F)(F)F)c3)c2=O)cc1. The van der Waals surface area contributed by atoms with E-state index in [1.807, 2.05) is 0 Å². The van der Waals surface area contributed by atoms with E-state index in [1.165, 1.54) is 14.0 Å². The Morgan fingerprint density at radius 3 is 2.37 bits per heavy atom. The maximum atomic E-state index is 12.9. The highest BCUT2D eigenvalue weighted by Crippen LogP contribution is 2.30.